The Morgan fingerprint density at radius 2 is 1.73 bits per heavy atom. The molecule has 0 saturated carbocycles. The van der Waals surface area contributed by atoms with Gasteiger partial charge in [-0.2, -0.15) is 0 Å². The molecule has 0 radical (unpaired) electrons. The number of amides is 1. The Kier molecular flexibility index (Phi) is 7.53. The second-order valence-electron chi connectivity index (χ2n) is 8.59. The fourth-order valence-corrected chi connectivity index (χ4v) is 3.68. The molecule has 0 bridgehead atoms. The largest absolute Gasteiger partial charge is 0.462 e. The maximum Gasteiger partial charge on any atom is 0.444 e. The van der Waals surface area contributed by atoms with Crippen LogP contribution in [0.25, 0.3) is 6.08 Å². The number of fused-ring (bicyclic) bond motifs is 1. The number of nitrogens with zero attached hydrogens (tertiary/aromatic N) is 1. The summed E-state index contributed by atoms with van der Waals surface area (Å²) in [6.45, 7) is 5.63. The standard InChI is InChI=1S/C26H29NO6/c1-18(28)31-17-26(3,4)32-25(30)27(33-19(2)29)16-23-12-8-11-21-13-14-22(15-24(21)23)20-9-6-5-7-10-20/h5-14,22H,15-17H2,1-4H3. The highest BCUT2D eigenvalue weighted by Gasteiger charge is 2.30. The number of hydrogen-bond acceptors (Lipinski definition) is 6. The van der Waals surface area contributed by atoms with E-state index in [4.69, 9.17) is 14.3 Å². The van der Waals surface area contributed by atoms with Crippen molar-refractivity contribution in [2.24, 2.45) is 0 Å². The maximum atomic E-state index is 12.9. The van der Waals surface area contributed by atoms with Crippen LogP contribution in [0.3, 0.4) is 0 Å². The average molecular weight is 452 g/mol. The van der Waals surface area contributed by atoms with Crippen molar-refractivity contribution in [1.82, 2.24) is 5.06 Å². The smallest absolute Gasteiger partial charge is 0.444 e. The minimum atomic E-state index is -1.10. The molecule has 0 heterocycles. The normalized spacial score (nSPS) is 14.7. The van der Waals surface area contributed by atoms with Gasteiger partial charge in [0, 0.05) is 19.8 Å². The van der Waals surface area contributed by atoms with E-state index in [9.17, 15) is 14.4 Å². The van der Waals surface area contributed by atoms with E-state index in [1.54, 1.807) is 13.8 Å². The van der Waals surface area contributed by atoms with E-state index in [1.165, 1.54) is 19.4 Å². The molecule has 33 heavy (non-hydrogen) atoms. The minimum Gasteiger partial charge on any atom is -0.462 e. The molecule has 0 aliphatic heterocycles. The number of hydroxylamine groups is 2. The summed E-state index contributed by atoms with van der Waals surface area (Å²) in [4.78, 5) is 40.9. The van der Waals surface area contributed by atoms with E-state index in [2.05, 4.69) is 24.3 Å². The molecule has 0 aromatic heterocycles. The summed E-state index contributed by atoms with van der Waals surface area (Å²) in [5, 5.41) is 0.906. The predicted molar refractivity (Wildman–Crippen MR) is 123 cm³/mol. The monoisotopic (exact) mass is 451 g/mol. The number of allylic oxidation sites excluding steroid dienone is 1. The summed E-state index contributed by atoms with van der Waals surface area (Å²) in [7, 11) is 0. The van der Waals surface area contributed by atoms with Gasteiger partial charge in [-0.3, -0.25) is 9.59 Å². The van der Waals surface area contributed by atoms with Gasteiger partial charge in [0.05, 0.1) is 6.54 Å². The third kappa shape index (κ3) is 6.68. The Hall–Kier alpha value is -3.61. The van der Waals surface area contributed by atoms with Gasteiger partial charge in [-0.1, -0.05) is 60.7 Å². The van der Waals surface area contributed by atoms with Crippen LogP contribution < -0.4 is 0 Å². The first-order valence-corrected chi connectivity index (χ1v) is 10.8. The number of carbonyl (C=O) groups excluding carboxylic acids is 3. The summed E-state index contributed by atoms with van der Waals surface area (Å²) in [6, 6.07) is 16.0. The topological polar surface area (TPSA) is 82.1 Å². The van der Waals surface area contributed by atoms with Crippen LogP contribution in [0.1, 0.15) is 55.9 Å². The molecule has 1 aliphatic rings. The molecule has 7 heteroatoms. The number of carbonyl (C=O) groups is 3. The molecule has 174 valence electrons. The fraction of sp³-hybridized carbons (Fsp3) is 0.346. The maximum absolute atomic E-state index is 12.9. The van der Waals surface area contributed by atoms with Crippen molar-refractivity contribution in [1.29, 1.82) is 0 Å². The molecule has 0 saturated heterocycles. The van der Waals surface area contributed by atoms with Crippen molar-refractivity contribution in [2.45, 2.75) is 52.2 Å². The zero-order chi connectivity index (χ0) is 24.0. The molecular formula is C26H29NO6. The number of ether oxygens (including phenoxy) is 2. The number of esters is 1. The third-order valence-electron chi connectivity index (χ3n) is 5.21. The van der Waals surface area contributed by atoms with Crippen molar-refractivity contribution in [3.05, 3.63) is 76.9 Å². The highest BCUT2D eigenvalue weighted by atomic mass is 16.8. The van der Waals surface area contributed by atoms with E-state index in [-0.39, 0.29) is 19.1 Å². The second-order valence-corrected chi connectivity index (χ2v) is 8.59. The lowest BCUT2D eigenvalue weighted by atomic mass is 9.83. The quantitative estimate of drug-likeness (QED) is 0.464. The van der Waals surface area contributed by atoms with Gasteiger partial charge in [-0.25, -0.2) is 4.79 Å². The highest BCUT2D eigenvalue weighted by Crippen LogP contribution is 2.32. The molecule has 1 unspecified atom stereocenters. The Balaban J connectivity index is 1.81. The Morgan fingerprint density at radius 1 is 1.00 bits per heavy atom. The van der Waals surface area contributed by atoms with Crippen LogP contribution in [-0.2, 0) is 36.9 Å². The summed E-state index contributed by atoms with van der Waals surface area (Å²) >= 11 is 0. The summed E-state index contributed by atoms with van der Waals surface area (Å²) < 4.78 is 10.4. The van der Waals surface area contributed by atoms with Crippen LogP contribution in [0.5, 0.6) is 0 Å². The molecule has 0 spiro atoms. The Bertz CT molecular complexity index is 1040. The van der Waals surface area contributed by atoms with Crippen LogP contribution in [0.15, 0.2) is 54.6 Å². The van der Waals surface area contributed by atoms with E-state index >= 15 is 0 Å². The van der Waals surface area contributed by atoms with Crippen LogP contribution in [0.2, 0.25) is 0 Å². The number of benzene rings is 2. The van der Waals surface area contributed by atoms with E-state index in [1.807, 2.05) is 36.4 Å². The van der Waals surface area contributed by atoms with Gasteiger partial charge in [0.2, 0.25) is 0 Å². The van der Waals surface area contributed by atoms with E-state index < -0.39 is 23.6 Å². The lowest BCUT2D eigenvalue weighted by molar-refractivity contribution is -0.186. The van der Waals surface area contributed by atoms with Crippen molar-refractivity contribution in [3.8, 4) is 0 Å². The van der Waals surface area contributed by atoms with Crippen molar-refractivity contribution < 1.29 is 28.7 Å². The van der Waals surface area contributed by atoms with Gasteiger partial charge in [-0.15, -0.1) is 5.06 Å². The van der Waals surface area contributed by atoms with Gasteiger partial charge in [0.1, 0.15) is 12.2 Å². The summed E-state index contributed by atoms with van der Waals surface area (Å²) in [5.74, 6) is -0.916. The summed E-state index contributed by atoms with van der Waals surface area (Å²) in [6.07, 6.45) is 4.17. The molecule has 1 atom stereocenters. The van der Waals surface area contributed by atoms with Gasteiger partial charge < -0.3 is 14.3 Å². The van der Waals surface area contributed by atoms with E-state index in [0.717, 1.165) is 28.2 Å². The van der Waals surface area contributed by atoms with Gasteiger partial charge in [-0.05, 0) is 42.5 Å². The molecule has 0 N–H and O–H groups in total. The Labute approximate surface area is 193 Å². The number of hydrogen-bond donors (Lipinski definition) is 0. The highest BCUT2D eigenvalue weighted by molar-refractivity contribution is 5.72. The SMILES string of the molecule is CC(=O)OCC(C)(C)OC(=O)N(Cc1cccc2c1CC(c1ccccc1)C=C2)OC(C)=O. The van der Waals surface area contributed by atoms with Crippen LogP contribution in [0, 0.1) is 0 Å². The van der Waals surface area contributed by atoms with E-state index in [0.29, 0.717) is 0 Å². The fourth-order valence-electron chi connectivity index (χ4n) is 3.68. The van der Waals surface area contributed by atoms with Gasteiger partial charge in [0.25, 0.3) is 0 Å². The minimum absolute atomic E-state index is 0.0284. The Morgan fingerprint density at radius 3 is 2.39 bits per heavy atom. The molecule has 3 rings (SSSR count). The van der Waals surface area contributed by atoms with Gasteiger partial charge >= 0.3 is 18.0 Å². The first-order valence-electron chi connectivity index (χ1n) is 10.8. The zero-order valence-corrected chi connectivity index (χ0v) is 19.4. The molecule has 7 nitrogen and oxygen atoms in total. The molecule has 0 fully saturated rings. The molecule has 1 amide bonds. The molecule has 2 aromatic carbocycles. The molecule has 1 aliphatic carbocycles. The lowest BCUT2D eigenvalue weighted by Crippen LogP contribution is -2.41. The van der Waals surface area contributed by atoms with Crippen LogP contribution in [0.4, 0.5) is 4.79 Å². The van der Waals surface area contributed by atoms with Crippen LogP contribution in [-0.4, -0.2) is 35.3 Å². The molecule has 2 aromatic rings. The van der Waals surface area contributed by atoms with Gasteiger partial charge in [0.15, 0.2) is 0 Å². The second kappa shape index (κ2) is 10.3. The van der Waals surface area contributed by atoms with Crippen molar-refractivity contribution in [2.75, 3.05) is 6.61 Å². The molecular weight excluding hydrogens is 422 g/mol. The first-order chi connectivity index (χ1) is 15.6. The zero-order valence-electron chi connectivity index (χ0n) is 19.4. The van der Waals surface area contributed by atoms with Crippen LogP contribution >= 0.6 is 0 Å². The van der Waals surface area contributed by atoms with Crippen molar-refractivity contribution in [3.63, 3.8) is 0 Å². The summed E-state index contributed by atoms with van der Waals surface area (Å²) in [5.41, 5.74) is 3.11. The van der Waals surface area contributed by atoms with Crippen molar-refractivity contribution >= 4 is 24.1 Å². The third-order valence-corrected chi connectivity index (χ3v) is 5.21. The first kappa shape index (κ1) is 24.0. The number of rotatable bonds is 6. The predicted octanol–water partition coefficient (Wildman–Crippen LogP) is 4.80. The average Bonchev–Trinajstić information content (AvgIpc) is 2.77. The lowest BCUT2D eigenvalue weighted by Gasteiger charge is -2.29.